The van der Waals surface area contributed by atoms with Crippen molar-refractivity contribution in [1.29, 1.82) is 0 Å². The summed E-state index contributed by atoms with van der Waals surface area (Å²) in [5.74, 6) is 0.251. The Kier molecular flexibility index (Phi) is 2.51. The molecule has 0 aliphatic heterocycles. The average Bonchev–Trinajstić information content (AvgIpc) is 2.60. The molecule has 2 rings (SSSR count). The lowest BCUT2D eigenvalue weighted by Crippen LogP contribution is -1.98. The van der Waals surface area contributed by atoms with Crippen molar-refractivity contribution in [2.45, 2.75) is 13.5 Å². The molecular formula is C11H12FN3. The number of nitrogens with one attached hydrogen (secondary N) is 1. The Morgan fingerprint density at radius 2 is 2.13 bits per heavy atom. The Labute approximate surface area is 87.2 Å². The summed E-state index contributed by atoms with van der Waals surface area (Å²) in [6.07, 6.45) is 0. The molecule has 3 nitrogen and oxygen atoms in total. The van der Waals surface area contributed by atoms with Crippen molar-refractivity contribution in [1.82, 2.24) is 9.97 Å². The summed E-state index contributed by atoms with van der Waals surface area (Å²) in [6, 6.07) is 6.53. The highest BCUT2D eigenvalue weighted by atomic mass is 19.1. The summed E-state index contributed by atoms with van der Waals surface area (Å²) in [7, 11) is 0. The molecule has 0 unspecified atom stereocenters. The van der Waals surface area contributed by atoms with Crippen LogP contribution in [0.1, 0.15) is 11.4 Å². The zero-order chi connectivity index (χ0) is 10.8. The number of aromatic amines is 1. The maximum absolute atomic E-state index is 13.4. The van der Waals surface area contributed by atoms with Crippen LogP contribution in [0.5, 0.6) is 0 Å². The van der Waals surface area contributed by atoms with E-state index < -0.39 is 0 Å². The maximum atomic E-state index is 13.4. The molecule has 0 fully saturated rings. The summed E-state index contributed by atoms with van der Waals surface area (Å²) >= 11 is 0. The van der Waals surface area contributed by atoms with Crippen LogP contribution in [-0.2, 0) is 6.54 Å². The van der Waals surface area contributed by atoms with Gasteiger partial charge >= 0.3 is 0 Å². The van der Waals surface area contributed by atoms with E-state index in [0.717, 1.165) is 11.4 Å². The van der Waals surface area contributed by atoms with E-state index in [1.165, 1.54) is 6.07 Å². The first-order chi connectivity index (χ1) is 7.22. The zero-order valence-electron chi connectivity index (χ0n) is 8.42. The van der Waals surface area contributed by atoms with Crippen molar-refractivity contribution < 1.29 is 4.39 Å². The van der Waals surface area contributed by atoms with Gasteiger partial charge in [-0.05, 0) is 19.1 Å². The van der Waals surface area contributed by atoms with E-state index in [1.54, 1.807) is 18.2 Å². The molecule has 0 atom stereocenters. The molecule has 0 saturated carbocycles. The fraction of sp³-hybridized carbons (Fsp3) is 0.182. The van der Waals surface area contributed by atoms with E-state index in [9.17, 15) is 4.39 Å². The van der Waals surface area contributed by atoms with Crippen molar-refractivity contribution >= 4 is 0 Å². The van der Waals surface area contributed by atoms with Crippen LogP contribution in [0.2, 0.25) is 0 Å². The van der Waals surface area contributed by atoms with Gasteiger partial charge in [0.05, 0.1) is 11.3 Å². The predicted octanol–water partition coefficient (Wildman–Crippen LogP) is 1.98. The van der Waals surface area contributed by atoms with E-state index >= 15 is 0 Å². The molecular weight excluding hydrogens is 193 g/mol. The Bertz CT molecular complexity index is 476. The number of aromatic nitrogens is 2. The highest BCUT2D eigenvalue weighted by molar-refractivity contribution is 5.56. The van der Waals surface area contributed by atoms with Gasteiger partial charge in [-0.3, -0.25) is 0 Å². The molecule has 0 radical (unpaired) electrons. The van der Waals surface area contributed by atoms with Crippen LogP contribution in [-0.4, -0.2) is 9.97 Å². The van der Waals surface area contributed by atoms with Gasteiger partial charge in [-0.25, -0.2) is 9.37 Å². The predicted molar refractivity (Wildman–Crippen MR) is 56.6 cm³/mol. The third-order valence-electron chi connectivity index (χ3n) is 2.31. The van der Waals surface area contributed by atoms with Crippen LogP contribution in [0.15, 0.2) is 24.3 Å². The molecule has 78 valence electrons. The second-order valence-electron chi connectivity index (χ2n) is 3.34. The van der Waals surface area contributed by atoms with E-state index in [0.29, 0.717) is 17.9 Å². The van der Waals surface area contributed by atoms with Gasteiger partial charge in [-0.15, -0.1) is 0 Å². The number of imidazole rings is 1. The minimum Gasteiger partial charge on any atom is -0.342 e. The van der Waals surface area contributed by atoms with Crippen LogP contribution in [0.25, 0.3) is 11.4 Å². The van der Waals surface area contributed by atoms with Crippen molar-refractivity contribution in [3.63, 3.8) is 0 Å². The summed E-state index contributed by atoms with van der Waals surface area (Å²) in [5.41, 5.74) is 7.63. The quantitative estimate of drug-likeness (QED) is 0.787. The molecule has 3 N–H and O–H groups in total. The van der Waals surface area contributed by atoms with Gasteiger partial charge in [0.1, 0.15) is 11.6 Å². The Balaban J connectivity index is 2.50. The number of rotatable bonds is 2. The average molecular weight is 205 g/mol. The summed E-state index contributed by atoms with van der Waals surface area (Å²) in [5, 5.41) is 0. The monoisotopic (exact) mass is 205 g/mol. The molecule has 4 heteroatoms. The topological polar surface area (TPSA) is 54.7 Å². The van der Waals surface area contributed by atoms with Crippen LogP contribution in [0, 0.1) is 12.7 Å². The third kappa shape index (κ3) is 1.76. The highest BCUT2D eigenvalue weighted by Gasteiger charge is 2.10. The molecule has 1 aromatic carbocycles. The fourth-order valence-corrected chi connectivity index (χ4v) is 1.48. The minimum atomic E-state index is -0.283. The van der Waals surface area contributed by atoms with E-state index in [1.807, 2.05) is 6.92 Å². The van der Waals surface area contributed by atoms with Crippen molar-refractivity contribution in [3.05, 3.63) is 41.5 Å². The highest BCUT2D eigenvalue weighted by Crippen LogP contribution is 2.20. The standard InChI is InChI=1S/C11H12FN3/c1-7-10(6-13)15-11(14-7)8-4-2-3-5-9(8)12/h2-5H,6,13H2,1H3,(H,14,15). The minimum absolute atomic E-state index is 0.283. The molecule has 0 saturated heterocycles. The Morgan fingerprint density at radius 3 is 2.73 bits per heavy atom. The first-order valence-corrected chi connectivity index (χ1v) is 4.73. The summed E-state index contributed by atoms with van der Waals surface area (Å²) < 4.78 is 13.4. The molecule has 0 spiro atoms. The first-order valence-electron chi connectivity index (χ1n) is 4.73. The zero-order valence-corrected chi connectivity index (χ0v) is 8.42. The number of hydrogen-bond acceptors (Lipinski definition) is 2. The van der Waals surface area contributed by atoms with Crippen molar-refractivity contribution in [2.24, 2.45) is 5.73 Å². The van der Waals surface area contributed by atoms with Crippen molar-refractivity contribution in [2.75, 3.05) is 0 Å². The second kappa shape index (κ2) is 3.82. The van der Waals surface area contributed by atoms with Gasteiger partial charge in [-0.1, -0.05) is 12.1 Å². The SMILES string of the molecule is Cc1[nH]c(-c2ccccc2F)nc1CN. The van der Waals surface area contributed by atoms with Crippen LogP contribution >= 0.6 is 0 Å². The fourth-order valence-electron chi connectivity index (χ4n) is 1.48. The maximum Gasteiger partial charge on any atom is 0.140 e. The number of hydrogen-bond donors (Lipinski definition) is 2. The lowest BCUT2D eigenvalue weighted by Gasteiger charge is -1.97. The van der Waals surface area contributed by atoms with Crippen LogP contribution in [0.4, 0.5) is 4.39 Å². The number of nitrogens with zero attached hydrogens (tertiary/aromatic N) is 1. The molecule has 1 heterocycles. The Hall–Kier alpha value is -1.68. The van der Waals surface area contributed by atoms with E-state index in [2.05, 4.69) is 9.97 Å². The number of H-pyrrole nitrogens is 1. The smallest absolute Gasteiger partial charge is 0.140 e. The molecule has 1 aromatic heterocycles. The number of benzene rings is 1. The number of nitrogens with two attached hydrogens (primary N) is 1. The third-order valence-corrected chi connectivity index (χ3v) is 2.31. The summed E-state index contributed by atoms with van der Waals surface area (Å²) in [6.45, 7) is 2.23. The van der Waals surface area contributed by atoms with Gasteiger partial charge < -0.3 is 10.7 Å². The lowest BCUT2D eigenvalue weighted by atomic mass is 10.2. The van der Waals surface area contributed by atoms with Gasteiger partial charge in [-0.2, -0.15) is 0 Å². The second-order valence-corrected chi connectivity index (χ2v) is 3.34. The Morgan fingerprint density at radius 1 is 1.40 bits per heavy atom. The molecule has 0 aliphatic rings. The van der Waals surface area contributed by atoms with Crippen LogP contribution in [0.3, 0.4) is 0 Å². The van der Waals surface area contributed by atoms with E-state index in [-0.39, 0.29) is 5.82 Å². The van der Waals surface area contributed by atoms with Gasteiger partial charge in [0.15, 0.2) is 0 Å². The normalized spacial score (nSPS) is 10.6. The number of halogens is 1. The van der Waals surface area contributed by atoms with Crippen LogP contribution < -0.4 is 5.73 Å². The molecule has 15 heavy (non-hydrogen) atoms. The summed E-state index contributed by atoms with van der Waals surface area (Å²) in [4.78, 5) is 7.26. The molecule has 0 bridgehead atoms. The number of aryl methyl sites for hydroxylation is 1. The van der Waals surface area contributed by atoms with Gasteiger partial charge in [0.25, 0.3) is 0 Å². The first kappa shape index (κ1) is 9.86. The van der Waals surface area contributed by atoms with Gasteiger partial charge in [0.2, 0.25) is 0 Å². The molecule has 2 aromatic rings. The van der Waals surface area contributed by atoms with Gasteiger partial charge in [0, 0.05) is 12.2 Å². The van der Waals surface area contributed by atoms with Crippen molar-refractivity contribution in [3.8, 4) is 11.4 Å². The molecule has 0 amide bonds. The lowest BCUT2D eigenvalue weighted by molar-refractivity contribution is 0.630. The largest absolute Gasteiger partial charge is 0.342 e. The van der Waals surface area contributed by atoms with E-state index in [4.69, 9.17) is 5.73 Å². The molecule has 0 aliphatic carbocycles.